The van der Waals surface area contributed by atoms with E-state index >= 15 is 0 Å². The van der Waals surface area contributed by atoms with Gasteiger partial charge < -0.3 is 4.74 Å². The Bertz CT molecular complexity index is 1280. The van der Waals surface area contributed by atoms with Gasteiger partial charge in [0.15, 0.2) is 5.82 Å². The second-order valence-corrected chi connectivity index (χ2v) is 10.6. The third-order valence-corrected chi connectivity index (χ3v) is 8.12. The van der Waals surface area contributed by atoms with Crippen molar-refractivity contribution in [3.8, 4) is 11.7 Å². The van der Waals surface area contributed by atoms with E-state index in [9.17, 15) is 13.2 Å². The van der Waals surface area contributed by atoms with Crippen molar-refractivity contribution >= 4 is 27.5 Å². The lowest BCUT2D eigenvalue weighted by atomic mass is 9.90. The van der Waals surface area contributed by atoms with E-state index in [1.807, 2.05) is 4.72 Å². The Morgan fingerprint density at radius 1 is 1.12 bits per heavy atom. The van der Waals surface area contributed by atoms with Crippen LogP contribution in [0.4, 0.5) is 0 Å². The van der Waals surface area contributed by atoms with Crippen molar-refractivity contribution in [3.05, 3.63) is 65.4 Å². The molecule has 0 saturated heterocycles. The maximum Gasteiger partial charge on any atom is 0.268 e. The lowest BCUT2D eigenvalue weighted by molar-refractivity contribution is 0.0981. The summed E-state index contributed by atoms with van der Waals surface area (Å²) in [5, 5.41) is 4.26. The number of carbonyl (C=O) groups is 1. The average molecular weight is 487 g/mol. The molecule has 0 aliphatic heterocycles. The van der Waals surface area contributed by atoms with Crippen LogP contribution >= 0.6 is 11.6 Å². The van der Waals surface area contributed by atoms with Crippen LogP contribution in [0.2, 0.25) is 5.15 Å². The summed E-state index contributed by atoms with van der Waals surface area (Å²) >= 11 is 6.20. The van der Waals surface area contributed by atoms with Crippen LogP contribution in [0, 0.1) is 17.8 Å². The van der Waals surface area contributed by atoms with E-state index in [4.69, 9.17) is 16.3 Å². The van der Waals surface area contributed by atoms with Crippen LogP contribution < -0.4 is 9.46 Å². The number of sulfonamides is 1. The Hall–Kier alpha value is -2.91. The maximum atomic E-state index is 12.5. The summed E-state index contributed by atoms with van der Waals surface area (Å²) in [6, 6.07) is 12.3. The van der Waals surface area contributed by atoms with Crippen molar-refractivity contribution < 1.29 is 17.9 Å². The van der Waals surface area contributed by atoms with Crippen LogP contribution in [-0.2, 0) is 10.0 Å². The highest BCUT2D eigenvalue weighted by Crippen LogP contribution is 2.48. The minimum Gasteiger partial charge on any atom is -0.476 e. The SMILES string of the molecule is O=C(NS(=O)(=O)c1ccccc1)c1ccc(-n2ccc(OC[C@@H]3C[C@@H]4CC[C@@H]3C4)n2)nc1Cl. The van der Waals surface area contributed by atoms with E-state index in [0.29, 0.717) is 24.2 Å². The first kappa shape index (κ1) is 21.9. The van der Waals surface area contributed by atoms with Crippen molar-refractivity contribution in [1.82, 2.24) is 19.5 Å². The molecule has 0 spiro atoms. The van der Waals surface area contributed by atoms with E-state index in [1.54, 1.807) is 36.5 Å². The van der Waals surface area contributed by atoms with Crippen LogP contribution in [0.15, 0.2) is 59.6 Å². The predicted molar refractivity (Wildman–Crippen MR) is 122 cm³/mol. The summed E-state index contributed by atoms with van der Waals surface area (Å²) in [4.78, 5) is 16.7. The summed E-state index contributed by atoms with van der Waals surface area (Å²) in [6.45, 7) is 0.668. The van der Waals surface area contributed by atoms with Crippen LogP contribution in [-0.4, -0.2) is 35.7 Å². The molecule has 2 aliphatic rings. The molecule has 172 valence electrons. The molecule has 8 nitrogen and oxygen atoms in total. The minimum absolute atomic E-state index is 0.0199. The number of benzene rings is 1. The molecule has 1 amide bonds. The van der Waals surface area contributed by atoms with Gasteiger partial charge in [0, 0.05) is 12.3 Å². The highest BCUT2D eigenvalue weighted by molar-refractivity contribution is 7.90. The topological polar surface area (TPSA) is 103 Å². The van der Waals surface area contributed by atoms with Gasteiger partial charge in [-0.3, -0.25) is 4.79 Å². The first-order valence-electron chi connectivity index (χ1n) is 10.9. The number of nitrogens with one attached hydrogen (secondary N) is 1. The molecular formula is C23H23ClN4O4S. The van der Waals surface area contributed by atoms with E-state index < -0.39 is 15.9 Å². The third kappa shape index (κ3) is 4.60. The number of rotatable bonds is 7. The molecule has 5 rings (SSSR count). The fourth-order valence-corrected chi connectivity index (χ4v) is 6.06. The number of aromatic nitrogens is 3. The number of ether oxygens (including phenoxy) is 1. The molecule has 2 saturated carbocycles. The lowest BCUT2D eigenvalue weighted by Crippen LogP contribution is -2.31. The van der Waals surface area contributed by atoms with Gasteiger partial charge in [-0.05, 0) is 61.3 Å². The van der Waals surface area contributed by atoms with Gasteiger partial charge in [-0.25, -0.2) is 22.8 Å². The Morgan fingerprint density at radius 3 is 2.64 bits per heavy atom. The number of hydrogen-bond donors (Lipinski definition) is 1. The van der Waals surface area contributed by atoms with Crippen molar-refractivity contribution in [2.45, 2.75) is 30.6 Å². The van der Waals surface area contributed by atoms with Gasteiger partial charge in [-0.1, -0.05) is 36.2 Å². The second kappa shape index (κ2) is 8.79. The Balaban J connectivity index is 1.25. The molecule has 3 atom stereocenters. The van der Waals surface area contributed by atoms with Gasteiger partial charge in [-0.15, -0.1) is 5.10 Å². The molecule has 10 heteroatoms. The Kier molecular flexibility index (Phi) is 5.84. The molecule has 0 radical (unpaired) electrons. The first-order chi connectivity index (χ1) is 15.9. The summed E-state index contributed by atoms with van der Waals surface area (Å²) in [6.07, 6.45) is 6.94. The quantitative estimate of drug-likeness (QED) is 0.509. The maximum absolute atomic E-state index is 12.5. The highest BCUT2D eigenvalue weighted by Gasteiger charge is 2.39. The smallest absolute Gasteiger partial charge is 0.268 e. The summed E-state index contributed by atoms with van der Waals surface area (Å²) in [7, 11) is -4.02. The predicted octanol–water partition coefficient (Wildman–Crippen LogP) is 3.85. The molecular weight excluding hydrogens is 464 g/mol. The number of carbonyl (C=O) groups excluding carboxylic acids is 1. The molecule has 3 aromatic rings. The summed E-state index contributed by atoms with van der Waals surface area (Å²) < 4.78 is 34.2. The van der Waals surface area contributed by atoms with Gasteiger partial charge in [0.2, 0.25) is 5.88 Å². The molecule has 2 heterocycles. The molecule has 2 fully saturated rings. The molecule has 2 aromatic heterocycles. The number of pyridine rings is 1. The minimum atomic E-state index is -4.02. The fraction of sp³-hybridized carbons (Fsp3) is 0.348. The van der Waals surface area contributed by atoms with E-state index in [0.717, 1.165) is 11.8 Å². The lowest BCUT2D eigenvalue weighted by Gasteiger charge is -2.20. The molecule has 2 bridgehead atoms. The molecule has 0 unspecified atom stereocenters. The Morgan fingerprint density at radius 2 is 1.94 bits per heavy atom. The van der Waals surface area contributed by atoms with Crippen LogP contribution in [0.1, 0.15) is 36.0 Å². The molecule has 1 aromatic carbocycles. The monoisotopic (exact) mass is 486 g/mol. The van der Waals surface area contributed by atoms with Crippen LogP contribution in [0.5, 0.6) is 5.88 Å². The van der Waals surface area contributed by atoms with Crippen LogP contribution in [0.3, 0.4) is 0 Å². The van der Waals surface area contributed by atoms with E-state index in [1.165, 1.54) is 48.6 Å². The van der Waals surface area contributed by atoms with Crippen molar-refractivity contribution in [1.29, 1.82) is 0 Å². The van der Waals surface area contributed by atoms with Gasteiger partial charge >= 0.3 is 0 Å². The molecule has 1 N–H and O–H groups in total. The summed E-state index contributed by atoms with van der Waals surface area (Å²) in [5.41, 5.74) is -0.0557. The first-order valence-corrected chi connectivity index (χ1v) is 12.7. The third-order valence-electron chi connectivity index (χ3n) is 6.49. The second-order valence-electron chi connectivity index (χ2n) is 8.60. The number of nitrogens with zero attached hydrogens (tertiary/aromatic N) is 3. The van der Waals surface area contributed by atoms with E-state index in [-0.39, 0.29) is 15.6 Å². The zero-order chi connectivity index (χ0) is 23.0. The van der Waals surface area contributed by atoms with Crippen molar-refractivity contribution in [2.24, 2.45) is 17.8 Å². The average Bonchev–Trinajstić information content (AvgIpc) is 3.55. The fourth-order valence-electron chi connectivity index (χ4n) is 4.84. The van der Waals surface area contributed by atoms with Crippen LogP contribution in [0.25, 0.3) is 5.82 Å². The van der Waals surface area contributed by atoms with Gasteiger partial charge in [-0.2, -0.15) is 0 Å². The zero-order valence-corrected chi connectivity index (χ0v) is 19.3. The molecule has 33 heavy (non-hydrogen) atoms. The highest BCUT2D eigenvalue weighted by atomic mass is 35.5. The number of hydrogen-bond acceptors (Lipinski definition) is 6. The standard InChI is InChI=1S/C23H23ClN4O4S/c24-22-19(23(29)27-33(30,31)18-4-2-1-3-5-18)8-9-20(25-22)28-11-10-21(26-28)32-14-17-13-15-6-7-16(17)12-15/h1-5,8-11,15-17H,6-7,12-14H2,(H,27,29)/t15-,16-,17+/m1/s1. The number of fused-ring (bicyclic) bond motifs is 2. The van der Waals surface area contributed by atoms with E-state index in [2.05, 4.69) is 10.1 Å². The number of halogens is 1. The van der Waals surface area contributed by atoms with Crippen molar-refractivity contribution in [2.75, 3.05) is 6.61 Å². The summed E-state index contributed by atoms with van der Waals surface area (Å²) in [5.74, 6) is 2.28. The van der Waals surface area contributed by atoms with Gasteiger partial charge in [0.25, 0.3) is 15.9 Å². The van der Waals surface area contributed by atoms with Gasteiger partial charge in [0.05, 0.1) is 17.1 Å². The zero-order valence-electron chi connectivity index (χ0n) is 17.7. The number of amides is 1. The van der Waals surface area contributed by atoms with Crippen molar-refractivity contribution in [3.63, 3.8) is 0 Å². The molecule has 2 aliphatic carbocycles. The Labute approximate surface area is 197 Å². The normalized spacial score (nSPS) is 21.8. The van der Waals surface area contributed by atoms with Gasteiger partial charge in [0.1, 0.15) is 5.15 Å². The largest absolute Gasteiger partial charge is 0.476 e.